The zero-order chi connectivity index (χ0) is 28.2. The molecule has 0 radical (unpaired) electrons. The number of fused-ring (bicyclic) bond motifs is 6. The molecule has 0 fully saturated rings. The van der Waals surface area contributed by atoms with Crippen molar-refractivity contribution in [2.75, 3.05) is 0 Å². The summed E-state index contributed by atoms with van der Waals surface area (Å²) < 4.78 is 5.00. The molecule has 206 valence electrons. The lowest BCUT2D eigenvalue weighted by atomic mass is 9.83. The molecule has 8 rings (SSSR count). The van der Waals surface area contributed by atoms with Gasteiger partial charge >= 0.3 is 0 Å². The van der Waals surface area contributed by atoms with Crippen molar-refractivity contribution in [2.24, 2.45) is 11.8 Å². The minimum absolute atomic E-state index is 0.0495. The molecule has 0 saturated carbocycles. The van der Waals surface area contributed by atoms with E-state index in [1.807, 2.05) is 6.08 Å². The molecule has 0 saturated heterocycles. The predicted molar refractivity (Wildman–Crippen MR) is 170 cm³/mol. The Kier molecular flexibility index (Phi) is 6.04. The Hall–Kier alpha value is -4.54. The van der Waals surface area contributed by atoms with Crippen molar-refractivity contribution in [1.29, 1.82) is 10.5 Å². The fraction of sp³-hybridized carbons (Fsp3) is 0.316. The van der Waals surface area contributed by atoms with Gasteiger partial charge in [-0.1, -0.05) is 54.7 Å². The van der Waals surface area contributed by atoms with Crippen LogP contribution in [0.2, 0.25) is 0 Å². The molecule has 42 heavy (non-hydrogen) atoms. The molecule has 4 heteroatoms. The van der Waals surface area contributed by atoms with E-state index in [1.54, 1.807) is 0 Å². The van der Waals surface area contributed by atoms with Crippen molar-refractivity contribution in [1.82, 2.24) is 9.13 Å². The maximum Gasteiger partial charge on any atom is 0.0701 e. The van der Waals surface area contributed by atoms with E-state index in [-0.39, 0.29) is 11.8 Å². The molecule has 2 atom stereocenters. The zero-order valence-corrected chi connectivity index (χ0v) is 23.9. The quantitative estimate of drug-likeness (QED) is 0.423. The zero-order valence-electron chi connectivity index (χ0n) is 23.9. The first-order valence-electron chi connectivity index (χ1n) is 15.6. The molecule has 0 aliphatic heterocycles. The van der Waals surface area contributed by atoms with E-state index in [0.29, 0.717) is 0 Å². The average molecular weight is 547 g/mol. The number of hydrogen-bond donors (Lipinski definition) is 0. The molecule has 2 aromatic heterocycles. The Morgan fingerprint density at radius 2 is 1.60 bits per heavy atom. The van der Waals surface area contributed by atoms with Crippen LogP contribution >= 0.6 is 0 Å². The van der Waals surface area contributed by atoms with E-state index >= 15 is 0 Å². The summed E-state index contributed by atoms with van der Waals surface area (Å²) in [6, 6.07) is 4.94. The molecule has 0 amide bonds. The van der Waals surface area contributed by atoms with E-state index in [9.17, 15) is 10.5 Å². The summed E-state index contributed by atoms with van der Waals surface area (Å²) in [5.74, 6) is -0.110. The predicted octanol–water partition coefficient (Wildman–Crippen LogP) is 6.84. The summed E-state index contributed by atoms with van der Waals surface area (Å²) >= 11 is 0. The van der Waals surface area contributed by atoms with Gasteiger partial charge in [0.25, 0.3) is 0 Å². The molecule has 6 aliphatic rings. The van der Waals surface area contributed by atoms with Crippen molar-refractivity contribution in [3.63, 3.8) is 0 Å². The van der Waals surface area contributed by atoms with Gasteiger partial charge in [0, 0.05) is 51.4 Å². The Bertz CT molecular complexity index is 1960. The normalized spacial score (nSPS) is 23.4. The van der Waals surface area contributed by atoms with Crippen LogP contribution in [-0.4, -0.2) is 9.13 Å². The Morgan fingerprint density at radius 3 is 2.50 bits per heavy atom. The van der Waals surface area contributed by atoms with Gasteiger partial charge < -0.3 is 9.13 Å². The third-order valence-corrected chi connectivity index (χ3v) is 9.77. The first-order valence-corrected chi connectivity index (χ1v) is 15.6. The molecular formula is C38H34N4. The van der Waals surface area contributed by atoms with E-state index < -0.39 is 0 Å². The highest BCUT2D eigenvalue weighted by molar-refractivity contribution is 5.91. The number of nitriles is 2. The van der Waals surface area contributed by atoms with Gasteiger partial charge in [0.1, 0.15) is 0 Å². The van der Waals surface area contributed by atoms with Gasteiger partial charge in [-0.15, -0.1) is 0 Å². The molecule has 0 spiro atoms. The third-order valence-electron chi connectivity index (χ3n) is 9.77. The van der Waals surface area contributed by atoms with Crippen LogP contribution in [-0.2, 0) is 19.3 Å². The van der Waals surface area contributed by atoms with Crippen molar-refractivity contribution in [3.8, 4) is 12.1 Å². The summed E-state index contributed by atoms with van der Waals surface area (Å²) in [6.07, 6.45) is 37.3. The lowest BCUT2D eigenvalue weighted by Crippen LogP contribution is -2.32. The highest BCUT2D eigenvalue weighted by Crippen LogP contribution is 2.44. The van der Waals surface area contributed by atoms with Gasteiger partial charge in [-0.2, -0.15) is 10.5 Å². The second-order valence-corrected chi connectivity index (χ2v) is 12.2. The summed E-state index contributed by atoms with van der Waals surface area (Å²) in [4.78, 5) is 0. The molecule has 6 aliphatic carbocycles. The average Bonchev–Trinajstić information content (AvgIpc) is 3.57. The van der Waals surface area contributed by atoms with E-state index in [4.69, 9.17) is 0 Å². The van der Waals surface area contributed by atoms with Crippen LogP contribution < -0.4 is 10.6 Å². The second-order valence-electron chi connectivity index (χ2n) is 12.2. The minimum Gasteiger partial charge on any atom is -0.320 e. The molecule has 2 unspecified atom stereocenters. The van der Waals surface area contributed by atoms with E-state index in [0.717, 1.165) is 64.2 Å². The van der Waals surface area contributed by atoms with Crippen LogP contribution in [0, 0.1) is 34.5 Å². The van der Waals surface area contributed by atoms with Crippen LogP contribution in [0.1, 0.15) is 78.7 Å². The van der Waals surface area contributed by atoms with Crippen LogP contribution in [0.3, 0.4) is 0 Å². The SMILES string of the molecule is N#CC1C=CC=C(n2c3c(c4c2CCC=C4C2=CC(n4c5c(c6c4=CCCC=6)CC(C#N)C=C5)=CCC2)C=CCC3)C1. The van der Waals surface area contributed by atoms with Gasteiger partial charge in [-0.05, 0) is 97.9 Å². The third kappa shape index (κ3) is 3.86. The molecule has 0 bridgehead atoms. The Balaban J connectivity index is 1.25. The second kappa shape index (κ2) is 10.1. The Labute approximate surface area is 247 Å². The molecule has 0 aromatic carbocycles. The van der Waals surface area contributed by atoms with Crippen molar-refractivity contribution >= 4 is 41.3 Å². The first-order chi connectivity index (χ1) is 20.7. The fourth-order valence-corrected chi connectivity index (χ4v) is 7.95. The fourth-order valence-electron chi connectivity index (χ4n) is 7.95. The molecular weight excluding hydrogens is 512 g/mol. The van der Waals surface area contributed by atoms with Gasteiger partial charge in [0.05, 0.1) is 24.0 Å². The lowest BCUT2D eigenvalue weighted by molar-refractivity contribution is 0.755. The van der Waals surface area contributed by atoms with Gasteiger partial charge in [-0.3, -0.25) is 0 Å². The smallest absolute Gasteiger partial charge is 0.0701 e. The summed E-state index contributed by atoms with van der Waals surface area (Å²) in [6.45, 7) is 0. The van der Waals surface area contributed by atoms with Crippen molar-refractivity contribution in [2.45, 2.75) is 64.2 Å². The van der Waals surface area contributed by atoms with Crippen LogP contribution in [0.4, 0.5) is 0 Å². The standard InChI is InChI=1S/C38H34N4/c39-23-25-8-5-10-28(20-25)42-35-16-4-2-13-32(35)38-30(14-7-17-37(38)42)27-9-6-11-29(22-27)41-34-15-3-1-12-31(34)33-21-26(24-40)18-19-36(33)41/h2,5,8,10-15,18-19,22,25-26H,1,3-4,6-7,9,16-17,20-21H2. The van der Waals surface area contributed by atoms with Crippen molar-refractivity contribution in [3.05, 3.63) is 98.5 Å². The van der Waals surface area contributed by atoms with E-state index in [2.05, 4.69) is 88.1 Å². The summed E-state index contributed by atoms with van der Waals surface area (Å²) in [7, 11) is 0. The topological polar surface area (TPSA) is 57.4 Å². The first kappa shape index (κ1) is 25.2. The van der Waals surface area contributed by atoms with Crippen molar-refractivity contribution < 1.29 is 0 Å². The number of rotatable bonds is 3. The summed E-state index contributed by atoms with van der Waals surface area (Å²) in [5, 5.41) is 22.0. The molecule has 4 nitrogen and oxygen atoms in total. The lowest BCUT2D eigenvalue weighted by Gasteiger charge is -2.25. The van der Waals surface area contributed by atoms with Crippen LogP contribution in [0.25, 0.3) is 41.3 Å². The van der Waals surface area contributed by atoms with Crippen LogP contribution in [0.5, 0.6) is 0 Å². The molecule has 2 aromatic rings. The van der Waals surface area contributed by atoms with Gasteiger partial charge in [0.15, 0.2) is 0 Å². The highest BCUT2D eigenvalue weighted by Gasteiger charge is 2.31. The molecule has 0 N–H and O–H groups in total. The number of allylic oxidation sites excluding steroid dienone is 12. The maximum atomic E-state index is 9.68. The maximum absolute atomic E-state index is 9.68. The summed E-state index contributed by atoms with van der Waals surface area (Å²) in [5.41, 5.74) is 13.5. The minimum atomic E-state index is -0.0600. The Morgan fingerprint density at radius 1 is 0.762 bits per heavy atom. The van der Waals surface area contributed by atoms with Crippen LogP contribution in [0.15, 0.2) is 54.2 Å². The van der Waals surface area contributed by atoms with Gasteiger partial charge in [-0.25, -0.2) is 0 Å². The number of nitrogens with zero attached hydrogens (tertiary/aromatic N) is 4. The number of hydrogen-bond acceptors (Lipinski definition) is 2. The number of aromatic nitrogens is 2. The van der Waals surface area contributed by atoms with Gasteiger partial charge in [0.2, 0.25) is 0 Å². The molecule has 2 heterocycles. The largest absolute Gasteiger partial charge is 0.320 e. The monoisotopic (exact) mass is 546 g/mol. The highest BCUT2D eigenvalue weighted by atomic mass is 15.0. The van der Waals surface area contributed by atoms with E-state index in [1.165, 1.54) is 66.9 Å².